The Bertz CT molecular complexity index is 1450. The van der Waals surface area contributed by atoms with Gasteiger partial charge in [0.05, 0.1) is 23.3 Å². The van der Waals surface area contributed by atoms with Crippen LogP contribution in [0.15, 0.2) is 60.8 Å². The lowest BCUT2D eigenvalue weighted by Crippen LogP contribution is -2.08. The van der Waals surface area contributed by atoms with Crippen LogP contribution in [-0.4, -0.2) is 24.9 Å². The van der Waals surface area contributed by atoms with Crippen LogP contribution in [-0.2, 0) is 11.2 Å². The topological polar surface area (TPSA) is 61.4 Å². The van der Waals surface area contributed by atoms with E-state index in [1.807, 2.05) is 49.5 Å². The predicted molar refractivity (Wildman–Crippen MR) is 131 cm³/mol. The lowest BCUT2D eigenvalue weighted by molar-refractivity contribution is -0.134. The van der Waals surface area contributed by atoms with Gasteiger partial charge >= 0.3 is 5.97 Å². The van der Waals surface area contributed by atoms with E-state index < -0.39 is 0 Å². The number of hydrogen-bond donors (Lipinski definition) is 0. The third-order valence-corrected chi connectivity index (χ3v) is 6.10. The summed E-state index contributed by atoms with van der Waals surface area (Å²) in [5.74, 6) is 1.23. The average Bonchev–Trinajstić information content (AvgIpc) is 3.38. The third kappa shape index (κ3) is 3.65. The molecule has 0 saturated heterocycles. The van der Waals surface area contributed by atoms with E-state index in [1.165, 1.54) is 0 Å². The summed E-state index contributed by atoms with van der Waals surface area (Å²) >= 11 is 0. The first-order valence-corrected chi connectivity index (χ1v) is 11.7. The largest absolute Gasteiger partial charge is 0.424 e. The molecule has 33 heavy (non-hydrogen) atoms. The average molecular weight is 441 g/mol. The maximum absolute atomic E-state index is 12.5. The SMILES string of the molecule is CCCC(=O)Oc1cn(C(C)c2ccccc2)c2nc(CCC)n3c4ccccc4nc3c12. The maximum Gasteiger partial charge on any atom is 0.311 e. The molecule has 3 aromatic heterocycles. The molecule has 0 radical (unpaired) electrons. The van der Waals surface area contributed by atoms with Gasteiger partial charge in [0, 0.05) is 12.8 Å². The molecule has 5 aromatic rings. The summed E-state index contributed by atoms with van der Waals surface area (Å²) in [6.07, 6.45) is 4.81. The molecular weight excluding hydrogens is 412 g/mol. The Hall–Kier alpha value is -3.67. The first kappa shape index (κ1) is 21.2. The molecule has 1 unspecified atom stereocenters. The summed E-state index contributed by atoms with van der Waals surface area (Å²) < 4.78 is 10.1. The van der Waals surface area contributed by atoms with Crippen molar-refractivity contribution in [3.8, 4) is 5.75 Å². The molecule has 6 heteroatoms. The Morgan fingerprint density at radius 1 is 0.970 bits per heavy atom. The van der Waals surface area contributed by atoms with Gasteiger partial charge in [0.25, 0.3) is 0 Å². The van der Waals surface area contributed by atoms with Crippen LogP contribution in [0, 0.1) is 0 Å². The second-order valence-corrected chi connectivity index (χ2v) is 8.45. The Kier molecular flexibility index (Phi) is 5.58. The molecule has 0 amide bonds. The summed E-state index contributed by atoms with van der Waals surface area (Å²) in [4.78, 5) is 22.6. The highest BCUT2D eigenvalue weighted by Crippen LogP contribution is 2.36. The fraction of sp³-hybridized carbons (Fsp3) is 0.296. The number of rotatable bonds is 7. The number of para-hydroxylation sites is 2. The lowest BCUT2D eigenvalue weighted by Gasteiger charge is -2.15. The van der Waals surface area contributed by atoms with Crippen molar-refractivity contribution < 1.29 is 9.53 Å². The second-order valence-electron chi connectivity index (χ2n) is 8.45. The maximum atomic E-state index is 12.5. The molecule has 0 aliphatic rings. The van der Waals surface area contributed by atoms with Crippen molar-refractivity contribution in [2.45, 2.75) is 52.5 Å². The van der Waals surface area contributed by atoms with Gasteiger partial charge in [-0.05, 0) is 37.5 Å². The number of carbonyl (C=O) groups excluding carboxylic acids is 1. The van der Waals surface area contributed by atoms with Gasteiger partial charge in [0.2, 0.25) is 0 Å². The molecule has 1 atom stereocenters. The Morgan fingerprint density at radius 2 is 1.73 bits per heavy atom. The minimum atomic E-state index is -0.240. The Labute approximate surface area is 192 Å². The van der Waals surface area contributed by atoms with E-state index in [4.69, 9.17) is 14.7 Å². The number of aromatic nitrogens is 4. The summed E-state index contributed by atoms with van der Waals surface area (Å²) in [6, 6.07) is 18.4. The van der Waals surface area contributed by atoms with Crippen molar-refractivity contribution >= 4 is 33.7 Å². The first-order chi connectivity index (χ1) is 16.1. The molecule has 3 heterocycles. The molecule has 0 spiro atoms. The summed E-state index contributed by atoms with van der Waals surface area (Å²) in [6.45, 7) is 6.26. The zero-order valence-electron chi connectivity index (χ0n) is 19.3. The quantitative estimate of drug-likeness (QED) is 0.287. The third-order valence-electron chi connectivity index (χ3n) is 6.10. The lowest BCUT2D eigenvalue weighted by atomic mass is 10.1. The van der Waals surface area contributed by atoms with Gasteiger partial charge in [-0.15, -0.1) is 0 Å². The number of ether oxygens (including phenoxy) is 1. The normalized spacial score (nSPS) is 12.6. The van der Waals surface area contributed by atoms with Crippen LogP contribution in [0.5, 0.6) is 5.75 Å². The molecule has 5 rings (SSSR count). The molecule has 0 bridgehead atoms. The number of aryl methyl sites for hydroxylation is 1. The minimum absolute atomic E-state index is 0.0149. The van der Waals surface area contributed by atoms with Crippen LogP contribution >= 0.6 is 0 Å². The van der Waals surface area contributed by atoms with Crippen LogP contribution in [0.25, 0.3) is 27.7 Å². The number of nitrogens with zero attached hydrogens (tertiary/aromatic N) is 4. The number of fused-ring (bicyclic) bond motifs is 5. The molecule has 168 valence electrons. The van der Waals surface area contributed by atoms with Gasteiger partial charge in [-0.3, -0.25) is 9.20 Å². The van der Waals surface area contributed by atoms with Gasteiger partial charge in [-0.2, -0.15) is 0 Å². The molecule has 0 N–H and O–H groups in total. The molecule has 0 aliphatic carbocycles. The van der Waals surface area contributed by atoms with E-state index in [0.717, 1.165) is 58.4 Å². The molecule has 0 saturated carbocycles. The van der Waals surface area contributed by atoms with E-state index in [0.29, 0.717) is 12.2 Å². The van der Waals surface area contributed by atoms with E-state index in [2.05, 4.69) is 41.0 Å². The highest BCUT2D eigenvalue weighted by molar-refractivity contribution is 6.01. The predicted octanol–water partition coefficient (Wildman–Crippen LogP) is 6.10. The highest BCUT2D eigenvalue weighted by atomic mass is 16.5. The fourth-order valence-electron chi connectivity index (χ4n) is 4.48. The fourth-order valence-corrected chi connectivity index (χ4v) is 4.48. The number of esters is 1. The first-order valence-electron chi connectivity index (χ1n) is 11.7. The van der Waals surface area contributed by atoms with Gasteiger partial charge < -0.3 is 9.30 Å². The van der Waals surface area contributed by atoms with E-state index >= 15 is 0 Å². The summed E-state index contributed by atoms with van der Waals surface area (Å²) in [5.41, 5.74) is 4.65. The number of imidazole rings is 1. The van der Waals surface area contributed by atoms with Crippen LogP contribution in [0.2, 0.25) is 0 Å². The summed E-state index contributed by atoms with van der Waals surface area (Å²) in [7, 11) is 0. The minimum Gasteiger partial charge on any atom is -0.424 e. The van der Waals surface area contributed by atoms with Gasteiger partial charge in [0.15, 0.2) is 11.4 Å². The summed E-state index contributed by atoms with van der Waals surface area (Å²) in [5, 5.41) is 0.776. The van der Waals surface area contributed by atoms with Crippen LogP contribution < -0.4 is 4.74 Å². The zero-order valence-corrected chi connectivity index (χ0v) is 19.3. The number of benzene rings is 2. The van der Waals surface area contributed by atoms with Crippen molar-refractivity contribution in [1.82, 2.24) is 18.9 Å². The van der Waals surface area contributed by atoms with Crippen molar-refractivity contribution in [3.05, 3.63) is 72.2 Å². The van der Waals surface area contributed by atoms with Crippen molar-refractivity contribution in [2.24, 2.45) is 0 Å². The highest BCUT2D eigenvalue weighted by Gasteiger charge is 2.24. The number of hydrogen-bond acceptors (Lipinski definition) is 4. The van der Waals surface area contributed by atoms with Crippen molar-refractivity contribution in [2.75, 3.05) is 0 Å². The van der Waals surface area contributed by atoms with E-state index in [9.17, 15) is 4.79 Å². The standard InChI is InChI=1S/C27H28N4O2/c1-4-11-23-29-26-25(27-28-20-15-9-10-16-21(20)31(23)27)22(33-24(32)12-5-2)17-30(26)18(3)19-13-7-6-8-14-19/h6-10,13-18H,4-5,11-12H2,1-3H3. The van der Waals surface area contributed by atoms with Gasteiger partial charge in [0.1, 0.15) is 16.9 Å². The van der Waals surface area contributed by atoms with Crippen LogP contribution in [0.1, 0.15) is 57.5 Å². The van der Waals surface area contributed by atoms with E-state index in [-0.39, 0.29) is 12.0 Å². The number of carbonyl (C=O) groups is 1. The molecule has 0 aliphatic heterocycles. The van der Waals surface area contributed by atoms with Crippen molar-refractivity contribution in [3.63, 3.8) is 0 Å². The van der Waals surface area contributed by atoms with Crippen LogP contribution in [0.3, 0.4) is 0 Å². The van der Waals surface area contributed by atoms with E-state index in [1.54, 1.807) is 0 Å². The van der Waals surface area contributed by atoms with Gasteiger partial charge in [-0.1, -0.05) is 56.3 Å². The molecular formula is C27H28N4O2. The second kappa shape index (κ2) is 8.70. The van der Waals surface area contributed by atoms with Crippen LogP contribution in [0.4, 0.5) is 0 Å². The monoisotopic (exact) mass is 440 g/mol. The molecule has 2 aromatic carbocycles. The smallest absolute Gasteiger partial charge is 0.311 e. The zero-order chi connectivity index (χ0) is 22.9. The molecule has 0 fully saturated rings. The van der Waals surface area contributed by atoms with Crippen molar-refractivity contribution in [1.29, 1.82) is 0 Å². The molecule has 6 nitrogen and oxygen atoms in total. The Morgan fingerprint density at radius 3 is 2.48 bits per heavy atom. The van der Waals surface area contributed by atoms with Gasteiger partial charge in [-0.25, -0.2) is 9.97 Å². The Balaban J connectivity index is 1.83.